The minimum Gasteiger partial charge on any atom is -0.457 e. The number of ether oxygens (including phenoxy) is 4. The van der Waals surface area contributed by atoms with Gasteiger partial charge in [-0.05, 0) is 184 Å². The second kappa shape index (κ2) is 35.0. The van der Waals surface area contributed by atoms with Crippen molar-refractivity contribution in [2.45, 2.75) is 191 Å². The van der Waals surface area contributed by atoms with Crippen LogP contribution in [0.15, 0.2) is 158 Å². The molecule has 1 fully saturated rings. The first-order valence-electron chi connectivity index (χ1n) is 28.6. The first-order valence-corrected chi connectivity index (χ1v) is 28.6. The zero-order valence-corrected chi connectivity index (χ0v) is 49.4. The molecular weight excluding hydrogens is 953 g/mol. The Bertz CT molecular complexity index is 2520. The van der Waals surface area contributed by atoms with E-state index in [-0.39, 0.29) is 23.8 Å². The first-order chi connectivity index (χ1) is 36.8. The van der Waals surface area contributed by atoms with E-state index in [0.29, 0.717) is 46.8 Å². The maximum absolute atomic E-state index is 12.0. The van der Waals surface area contributed by atoms with Gasteiger partial charge in [0.1, 0.15) is 28.7 Å². The van der Waals surface area contributed by atoms with E-state index in [4.69, 9.17) is 18.9 Å². The summed E-state index contributed by atoms with van der Waals surface area (Å²) in [5.74, 6) is 6.26. The number of rotatable bonds is 16. The maximum Gasteiger partial charge on any atom is 0.316 e. The van der Waals surface area contributed by atoms with Gasteiger partial charge in [-0.15, -0.1) is 0 Å². The third-order valence-electron chi connectivity index (χ3n) is 14.4. The van der Waals surface area contributed by atoms with Gasteiger partial charge in [0.05, 0.1) is 11.3 Å². The molecule has 0 spiro atoms. The highest BCUT2D eigenvalue weighted by Gasteiger charge is 2.24. The average molecular weight is 1050 g/mol. The normalized spacial score (nSPS) is 13.9. The Hall–Kier alpha value is -6.47. The Balaban J connectivity index is 0.000000257. The van der Waals surface area contributed by atoms with Crippen LogP contribution in [0.3, 0.4) is 0 Å². The molecule has 416 valence electrons. The Kier molecular flexibility index (Phi) is 29.5. The van der Waals surface area contributed by atoms with E-state index in [1.165, 1.54) is 54.0 Å². The highest BCUT2D eigenvalue weighted by Crippen LogP contribution is 2.29. The summed E-state index contributed by atoms with van der Waals surface area (Å²) < 4.78 is 21.5. The van der Waals surface area contributed by atoms with Crippen molar-refractivity contribution in [2.75, 3.05) is 0 Å². The smallest absolute Gasteiger partial charge is 0.316 e. The Labute approximate surface area is 465 Å². The van der Waals surface area contributed by atoms with E-state index in [9.17, 15) is 14.4 Å². The van der Waals surface area contributed by atoms with Gasteiger partial charge >= 0.3 is 17.9 Å². The summed E-state index contributed by atoms with van der Waals surface area (Å²) >= 11 is 0. The number of para-hydroxylation sites is 1. The van der Waals surface area contributed by atoms with Crippen molar-refractivity contribution in [3.63, 3.8) is 0 Å². The fourth-order valence-corrected chi connectivity index (χ4v) is 8.01. The van der Waals surface area contributed by atoms with Crippen molar-refractivity contribution >= 4 is 17.9 Å². The molecule has 0 radical (unpaired) electrons. The summed E-state index contributed by atoms with van der Waals surface area (Å²) in [6.45, 7) is 29.0. The van der Waals surface area contributed by atoms with Crippen LogP contribution >= 0.6 is 0 Å². The summed E-state index contributed by atoms with van der Waals surface area (Å²) in [5.41, 5.74) is 6.22. The van der Waals surface area contributed by atoms with E-state index < -0.39 is 5.41 Å². The van der Waals surface area contributed by atoms with Crippen LogP contribution in [0.1, 0.15) is 219 Å². The Morgan fingerprint density at radius 3 is 1.04 bits per heavy atom. The topological polar surface area (TPSA) is 88.1 Å². The predicted molar refractivity (Wildman–Crippen MR) is 321 cm³/mol. The van der Waals surface area contributed by atoms with Gasteiger partial charge in [-0.25, -0.2) is 0 Å². The summed E-state index contributed by atoms with van der Waals surface area (Å²) in [4.78, 5) is 34.4. The molecule has 7 heteroatoms. The van der Waals surface area contributed by atoms with Crippen molar-refractivity contribution in [3.8, 4) is 28.7 Å². The van der Waals surface area contributed by atoms with Gasteiger partial charge < -0.3 is 18.9 Å². The molecule has 0 bridgehead atoms. The fraction of sp³-hybridized carbons (Fsp3) is 0.443. The molecule has 0 N–H and O–H groups in total. The molecule has 1 aliphatic rings. The second-order valence-corrected chi connectivity index (χ2v) is 21.6. The molecule has 6 aromatic carbocycles. The molecule has 1 aliphatic carbocycles. The van der Waals surface area contributed by atoms with E-state index in [1.54, 1.807) is 0 Å². The molecule has 7 nitrogen and oxygen atoms in total. The fourth-order valence-electron chi connectivity index (χ4n) is 8.01. The van der Waals surface area contributed by atoms with Gasteiger partial charge in [-0.1, -0.05) is 186 Å². The van der Waals surface area contributed by atoms with Gasteiger partial charge in [-0.2, -0.15) is 0 Å². The summed E-state index contributed by atoms with van der Waals surface area (Å²) in [7, 11) is 0. The monoisotopic (exact) mass is 1050 g/mol. The zero-order chi connectivity index (χ0) is 56.8. The van der Waals surface area contributed by atoms with Gasteiger partial charge in [0, 0.05) is 6.92 Å². The lowest BCUT2D eigenvalue weighted by molar-refractivity contribution is -0.143. The molecule has 0 amide bonds. The van der Waals surface area contributed by atoms with Crippen LogP contribution in [0.4, 0.5) is 0 Å². The molecule has 77 heavy (non-hydrogen) atoms. The number of carbonyl (C=O) groups is 3. The van der Waals surface area contributed by atoms with Crippen LogP contribution in [-0.2, 0) is 14.4 Å². The largest absolute Gasteiger partial charge is 0.457 e. The maximum atomic E-state index is 12.0. The van der Waals surface area contributed by atoms with Crippen LogP contribution in [0.2, 0.25) is 0 Å². The molecule has 0 heterocycles. The average Bonchev–Trinajstić information content (AvgIpc) is 3.45. The predicted octanol–water partition coefficient (Wildman–Crippen LogP) is 20.2. The molecule has 5 unspecified atom stereocenters. The van der Waals surface area contributed by atoms with Crippen LogP contribution in [0, 0.1) is 11.3 Å². The quantitative estimate of drug-likeness (QED) is 0.0705. The lowest BCUT2D eigenvalue weighted by atomic mass is 9.89. The highest BCUT2D eigenvalue weighted by molar-refractivity contribution is 5.78. The number of benzene rings is 6. The lowest BCUT2D eigenvalue weighted by Crippen LogP contribution is -2.25. The molecule has 1 saturated carbocycles. The van der Waals surface area contributed by atoms with Gasteiger partial charge in [-0.3, -0.25) is 14.4 Å². The summed E-state index contributed by atoms with van der Waals surface area (Å²) in [5, 5.41) is 0. The third kappa shape index (κ3) is 24.6. The van der Waals surface area contributed by atoms with Crippen molar-refractivity contribution in [1.82, 2.24) is 0 Å². The minimum absolute atomic E-state index is 0.0454. The van der Waals surface area contributed by atoms with E-state index in [1.807, 2.05) is 124 Å². The molecular formula is C70H94O7. The van der Waals surface area contributed by atoms with Crippen molar-refractivity contribution in [3.05, 3.63) is 186 Å². The molecule has 0 saturated heterocycles. The number of hydrogen-bond acceptors (Lipinski definition) is 7. The first kappa shape index (κ1) is 64.8. The number of carbonyl (C=O) groups excluding carboxylic acids is 3. The zero-order valence-electron chi connectivity index (χ0n) is 49.4. The molecule has 5 atom stereocenters. The van der Waals surface area contributed by atoms with Crippen LogP contribution in [0.25, 0.3) is 0 Å². The summed E-state index contributed by atoms with van der Waals surface area (Å²) in [6, 6.07) is 52.3. The van der Waals surface area contributed by atoms with Gasteiger partial charge in [0.15, 0.2) is 0 Å². The third-order valence-corrected chi connectivity index (χ3v) is 14.4. The van der Waals surface area contributed by atoms with Crippen LogP contribution in [0.5, 0.6) is 28.7 Å². The second-order valence-electron chi connectivity index (χ2n) is 21.6. The Morgan fingerprint density at radius 1 is 0.403 bits per heavy atom. The number of esters is 3. The Morgan fingerprint density at radius 2 is 0.701 bits per heavy atom. The van der Waals surface area contributed by atoms with Crippen LogP contribution in [-0.4, -0.2) is 17.9 Å². The molecule has 0 aromatic heterocycles. The van der Waals surface area contributed by atoms with Crippen molar-refractivity contribution in [2.24, 2.45) is 11.3 Å². The van der Waals surface area contributed by atoms with Crippen molar-refractivity contribution in [1.29, 1.82) is 0 Å². The molecule has 6 aromatic rings. The van der Waals surface area contributed by atoms with Gasteiger partial charge in [0.25, 0.3) is 0 Å². The number of hydrogen-bond donors (Lipinski definition) is 0. The van der Waals surface area contributed by atoms with E-state index in [0.717, 1.165) is 56.4 Å². The molecule has 7 rings (SSSR count). The highest BCUT2D eigenvalue weighted by atomic mass is 16.5. The van der Waals surface area contributed by atoms with E-state index >= 15 is 0 Å². The van der Waals surface area contributed by atoms with Crippen molar-refractivity contribution < 1.29 is 33.3 Å². The minimum atomic E-state index is -0.463. The lowest BCUT2D eigenvalue weighted by Gasteiger charge is -2.19. The van der Waals surface area contributed by atoms with Crippen LogP contribution < -0.4 is 18.9 Å². The molecule has 0 aliphatic heterocycles. The standard InChI is InChI=1S/C17H24O2.C16H18O.C15H22O2.C12H16O2.C10H14/c1-3-13(2)14-9-11-16(12-10-14)19-17(18)15-7-5-4-6-8-15;1-3-13(2)14-9-11-16(12-10-14)17-15-7-5-4-6-8-15;1-6-11(2)12-7-9-13(10-8-12)17-14(16)15(3,4)5;1-4-9(2)11-5-7-12(8-6-11)14-10(3)13;1-3-9(2)10-7-5-4-6-8-10/h9-13,15H,3-8H2,1-2H3;4-13H,3H2,1-2H3;7-11H,6H2,1-5H3;5-9H,4H2,1-3H3;4-9H,3H2,1-2H3. The van der Waals surface area contributed by atoms with E-state index in [2.05, 4.69) is 124 Å². The SMILES string of the molecule is CCC(C)c1ccc(OC(=O)C(C)(C)C)cc1.CCC(C)c1ccc(OC(=O)C2CCCCC2)cc1.CCC(C)c1ccc(OC(C)=O)cc1.CCC(C)c1ccc(Oc2ccccc2)cc1.CCC(C)c1ccccc1. The summed E-state index contributed by atoms with van der Waals surface area (Å²) in [6.07, 6.45) is 11.3. The van der Waals surface area contributed by atoms with Gasteiger partial charge in [0.2, 0.25) is 0 Å².